The van der Waals surface area contributed by atoms with Gasteiger partial charge in [0, 0.05) is 11.0 Å². The first-order valence-electron chi connectivity index (χ1n) is 4.38. The first-order chi connectivity index (χ1) is 5.97. The van der Waals surface area contributed by atoms with Crippen molar-refractivity contribution < 1.29 is 10.2 Å². The van der Waals surface area contributed by atoms with E-state index < -0.39 is 0 Å². The van der Waals surface area contributed by atoms with E-state index in [0.29, 0.717) is 0 Å². The largest absolute Gasteiger partial charge is 0.508 e. The van der Waals surface area contributed by atoms with E-state index in [2.05, 4.69) is 0 Å². The molecular formula is C11H16O2. The molecule has 0 spiro atoms. The number of rotatable bonds is 2. The van der Waals surface area contributed by atoms with Gasteiger partial charge in [-0.2, -0.15) is 0 Å². The number of aryl methyl sites for hydroxylation is 1. The molecule has 0 aliphatic carbocycles. The summed E-state index contributed by atoms with van der Waals surface area (Å²) in [6.45, 7) is 5.81. The van der Waals surface area contributed by atoms with Crippen LogP contribution in [0.5, 0.6) is 5.75 Å². The summed E-state index contributed by atoms with van der Waals surface area (Å²) in [5.74, 6) is 0.254. The molecule has 1 aromatic carbocycles. The Morgan fingerprint density at radius 1 is 1.31 bits per heavy atom. The number of aromatic hydroxyl groups is 1. The van der Waals surface area contributed by atoms with E-state index in [1.165, 1.54) is 0 Å². The maximum absolute atomic E-state index is 9.59. The van der Waals surface area contributed by atoms with E-state index in [1.807, 2.05) is 32.9 Å². The lowest BCUT2D eigenvalue weighted by Crippen LogP contribution is -2.22. The summed E-state index contributed by atoms with van der Waals surface area (Å²) in [4.78, 5) is 0. The highest BCUT2D eigenvalue weighted by Gasteiger charge is 2.22. The van der Waals surface area contributed by atoms with Crippen molar-refractivity contribution in [2.45, 2.75) is 26.2 Å². The van der Waals surface area contributed by atoms with Gasteiger partial charge < -0.3 is 10.2 Å². The van der Waals surface area contributed by atoms with Crippen molar-refractivity contribution >= 4 is 0 Å². The predicted octanol–water partition coefficient (Wildman–Crippen LogP) is 1.97. The van der Waals surface area contributed by atoms with Crippen LogP contribution in [0.4, 0.5) is 0 Å². The van der Waals surface area contributed by atoms with Crippen molar-refractivity contribution in [3.05, 3.63) is 29.3 Å². The maximum Gasteiger partial charge on any atom is 0.119 e. The van der Waals surface area contributed by atoms with Crippen LogP contribution in [0, 0.1) is 6.92 Å². The molecule has 0 aliphatic heterocycles. The van der Waals surface area contributed by atoms with Gasteiger partial charge in [0.1, 0.15) is 5.75 Å². The second-order valence-corrected chi connectivity index (χ2v) is 4.06. The summed E-state index contributed by atoms with van der Waals surface area (Å²) in [6, 6.07) is 5.43. The fraction of sp³-hybridized carbons (Fsp3) is 0.455. The van der Waals surface area contributed by atoms with Gasteiger partial charge in [-0.3, -0.25) is 0 Å². The summed E-state index contributed by atoms with van der Waals surface area (Å²) in [6.07, 6.45) is 0. The Bertz CT molecular complexity index is 303. The van der Waals surface area contributed by atoms with Crippen LogP contribution >= 0.6 is 0 Å². The summed E-state index contributed by atoms with van der Waals surface area (Å²) in [7, 11) is 0. The molecule has 1 rings (SSSR count). The van der Waals surface area contributed by atoms with Crippen molar-refractivity contribution in [3.8, 4) is 5.75 Å². The molecule has 0 radical (unpaired) electrons. The van der Waals surface area contributed by atoms with Gasteiger partial charge >= 0.3 is 0 Å². The third-order valence-corrected chi connectivity index (χ3v) is 2.28. The number of hydrogen-bond donors (Lipinski definition) is 2. The number of benzene rings is 1. The van der Waals surface area contributed by atoms with Crippen molar-refractivity contribution in [2.24, 2.45) is 0 Å². The van der Waals surface area contributed by atoms with Gasteiger partial charge in [-0.15, -0.1) is 0 Å². The molecule has 0 bridgehead atoms. The highest BCUT2D eigenvalue weighted by atomic mass is 16.3. The minimum atomic E-state index is -0.379. The minimum Gasteiger partial charge on any atom is -0.508 e. The number of phenolic OH excluding ortho intramolecular Hbond substituents is 1. The monoisotopic (exact) mass is 180 g/mol. The molecule has 2 N–H and O–H groups in total. The topological polar surface area (TPSA) is 40.5 Å². The summed E-state index contributed by atoms with van der Waals surface area (Å²) in [5.41, 5.74) is 1.51. The molecule has 0 saturated carbocycles. The Labute approximate surface area is 78.8 Å². The molecule has 0 amide bonds. The normalized spacial score (nSPS) is 11.7. The third-order valence-electron chi connectivity index (χ3n) is 2.28. The van der Waals surface area contributed by atoms with Crippen molar-refractivity contribution in [2.75, 3.05) is 6.61 Å². The van der Waals surface area contributed by atoms with Crippen LogP contribution < -0.4 is 0 Å². The number of phenols is 1. The maximum atomic E-state index is 9.59. The Morgan fingerprint density at radius 2 is 1.92 bits per heavy atom. The van der Waals surface area contributed by atoms with Crippen molar-refractivity contribution in [1.82, 2.24) is 0 Å². The quantitative estimate of drug-likeness (QED) is 0.730. The molecule has 0 fully saturated rings. The zero-order chi connectivity index (χ0) is 10.1. The fourth-order valence-electron chi connectivity index (χ4n) is 1.28. The number of hydrogen-bond acceptors (Lipinski definition) is 2. The van der Waals surface area contributed by atoms with E-state index in [4.69, 9.17) is 5.11 Å². The zero-order valence-electron chi connectivity index (χ0n) is 8.33. The van der Waals surface area contributed by atoms with Crippen LogP contribution in [0.2, 0.25) is 0 Å². The molecular weight excluding hydrogens is 164 g/mol. The summed E-state index contributed by atoms with van der Waals surface area (Å²) < 4.78 is 0. The minimum absolute atomic E-state index is 0.0318. The molecule has 72 valence electrons. The Morgan fingerprint density at radius 3 is 2.46 bits per heavy atom. The average molecular weight is 180 g/mol. The van der Waals surface area contributed by atoms with Crippen LogP contribution in [-0.4, -0.2) is 16.8 Å². The SMILES string of the molecule is Cc1ccc(O)c(C(C)(C)CO)c1. The molecule has 0 unspecified atom stereocenters. The van der Waals surface area contributed by atoms with Gasteiger partial charge in [-0.25, -0.2) is 0 Å². The third kappa shape index (κ3) is 2.01. The van der Waals surface area contributed by atoms with Gasteiger partial charge in [0.25, 0.3) is 0 Å². The predicted molar refractivity (Wildman–Crippen MR) is 53.0 cm³/mol. The highest BCUT2D eigenvalue weighted by Crippen LogP contribution is 2.30. The van der Waals surface area contributed by atoms with E-state index in [9.17, 15) is 5.11 Å². The number of aliphatic hydroxyl groups excluding tert-OH is 1. The molecule has 0 saturated heterocycles. The van der Waals surface area contributed by atoms with Crippen LogP contribution in [0.15, 0.2) is 18.2 Å². The Hall–Kier alpha value is -1.02. The second-order valence-electron chi connectivity index (χ2n) is 4.06. The lowest BCUT2D eigenvalue weighted by Gasteiger charge is -2.23. The van der Waals surface area contributed by atoms with Crippen molar-refractivity contribution in [1.29, 1.82) is 0 Å². The standard InChI is InChI=1S/C11H16O2/c1-8-4-5-10(13)9(6-8)11(2,3)7-12/h4-6,12-13H,7H2,1-3H3. The van der Waals surface area contributed by atoms with Crippen LogP contribution in [-0.2, 0) is 5.41 Å². The summed E-state index contributed by atoms with van der Waals surface area (Å²) >= 11 is 0. The smallest absolute Gasteiger partial charge is 0.119 e. The number of aliphatic hydroxyl groups is 1. The lowest BCUT2D eigenvalue weighted by molar-refractivity contribution is 0.215. The van der Waals surface area contributed by atoms with E-state index >= 15 is 0 Å². The first-order valence-corrected chi connectivity index (χ1v) is 4.38. The van der Waals surface area contributed by atoms with E-state index in [0.717, 1.165) is 11.1 Å². The molecule has 2 heteroatoms. The summed E-state index contributed by atoms with van der Waals surface area (Å²) in [5, 5.41) is 18.7. The lowest BCUT2D eigenvalue weighted by atomic mass is 9.84. The van der Waals surface area contributed by atoms with Gasteiger partial charge in [0.15, 0.2) is 0 Å². The fourth-order valence-corrected chi connectivity index (χ4v) is 1.28. The molecule has 0 aliphatic rings. The van der Waals surface area contributed by atoms with E-state index in [-0.39, 0.29) is 17.8 Å². The van der Waals surface area contributed by atoms with E-state index in [1.54, 1.807) is 6.07 Å². The molecule has 2 nitrogen and oxygen atoms in total. The average Bonchev–Trinajstić information content (AvgIpc) is 2.09. The van der Waals surface area contributed by atoms with Crippen LogP contribution in [0.3, 0.4) is 0 Å². The van der Waals surface area contributed by atoms with Gasteiger partial charge in [-0.1, -0.05) is 31.5 Å². The molecule has 0 heterocycles. The Kier molecular flexibility index (Phi) is 2.62. The van der Waals surface area contributed by atoms with Gasteiger partial charge in [0.05, 0.1) is 6.61 Å². The van der Waals surface area contributed by atoms with Crippen LogP contribution in [0.1, 0.15) is 25.0 Å². The van der Waals surface area contributed by atoms with Crippen LogP contribution in [0.25, 0.3) is 0 Å². The second kappa shape index (κ2) is 3.38. The zero-order valence-corrected chi connectivity index (χ0v) is 8.33. The van der Waals surface area contributed by atoms with Crippen molar-refractivity contribution in [3.63, 3.8) is 0 Å². The molecule has 0 aromatic heterocycles. The molecule has 13 heavy (non-hydrogen) atoms. The highest BCUT2D eigenvalue weighted by molar-refractivity contribution is 5.40. The molecule has 1 aromatic rings. The van der Waals surface area contributed by atoms with Gasteiger partial charge in [-0.05, 0) is 13.0 Å². The first kappa shape index (κ1) is 10.1. The molecule has 0 atom stereocenters. The Balaban J connectivity index is 3.20. The van der Waals surface area contributed by atoms with Gasteiger partial charge in [0.2, 0.25) is 0 Å².